The summed E-state index contributed by atoms with van der Waals surface area (Å²) in [6.45, 7) is 7.76. The van der Waals surface area contributed by atoms with Crippen molar-refractivity contribution in [1.82, 2.24) is 10.1 Å². The standard InChI is InChI=1S/C25H28F2N4O5Si/c1-5-35-21-7-6-15-22(25(34)29-13-8-17(26)23(18(27)9-13)37(2,3)4)16(12-28-24(15)30-21)19(32)10-14-11-20(33)31-36-14/h6-9,11,16,22H,5,10,12H2,1-4H3,(H,28,30)(H,29,34)(H,31,33)/t16?,22-/m0/s1. The van der Waals surface area contributed by atoms with Crippen LogP contribution in [-0.2, 0) is 16.0 Å². The van der Waals surface area contributed by atoms with Gasteiger partial charge in [-0.05, 0) is 30.3 Å². The first-order chi connectivity index (χ1) is 17.5. The van der Waals surface area contributed by atoms with Crippen LogP contribution in [-0.4, -0.2) is 48.2 Å². The van der Waals surface area contributed by atoms with Crippen LogP contribution >= 0.6 is 0 Å². The number of ether oxygens (including phenoxy) is 1. The number of carbonyl (C=O) groups excluding carboxylic acids is 2. The molecule has 0 saturated heterocycles. The largest absolute Gasteiger partial charge is 0.491 e. The zero-order valence-corrected chi connectivity index (χ0v) is 21.9. The smallest absolute Gasteiger partial charge is 0.251 e. The number of anilines is 2. The summed E-state index contributed by atoms with van der Waals surface area (Å²) in [6.07, 6.45) is -0.211. The molecule has 37 heavy (non-hydrogen) atoms. The first kappa shape index (κ1) is 26.3. The van der Waals surface area contributed by atoms with Crippen molar-refractivity contribution in [2.45, 2.75) is 38.9 Å². The van der Waals surface area contributed by atoms with E-state index in [1.807, 2.05) is 26.6 Å². The maximum Gasteiger partial charge on any atom is 0.251 e. The fourth-order valence-electron chi connectivity index (χ4n) is 4.51. The predicted molar refractivity (Wildman–Crippen MR) is 135 cm³/mol. The van der Waals surface area contributed by atoms with Crippen molar-refractivity contribution in [3.63, 3.8) is 0 Å². The Hall–Kier alpha value is -3.80. The van der Waals surface area contributed by atoms with E-state index < -0.39 is 37.5 Å². The van der Waals surface area contributed by atoms with E-state index in [4.69, 9.17) is 9.26 Å². The first-order valence-corrected chi connectivity index (χ1v) is 15.3. The van der Waals surface area contributed by atoms with Crippen LogP contribution in [0.5, 0.6) is 11.8 Å². The molecule has 4 rings (SSSR count). The number of nitrogens with one attached hydrogen (secondary N) is 2. The van der Waals surface area contributed by atoms with Gasteiger partial charge in [-0.25, -0.2) is 8.78 Å². The summed E-state index contributed by atoms with van der Waals surface area (Å²) < 4.78 is 40.0. The van der Waals surface area contributed by atoms with Crippen LogP contribution in [0.2, 0.25) is 19.6 Å². The Morgan fingerprint density at radius 2 is 1.92 bits per heavy atom. The van der Waals surface area contributed by atoms with Crippen molar-refractivity contribution >= 4 is 36.5 Å². The minimum atomic E-state index is -2.31. The molecule has 2 aromatic heterocycles. The molecule has 12 heteroatoms. The van der Waals surface area contributed by atoms with Gasteiger partial charge in [0.2, 0.25) is 11.8 Å². The molecule has 1 unspecified atom stereocenters. The SMILES string of the molecule is CCOc1ccc2c(n1)NCC(C(=O)Cc1cc(O)no1)[C@H]2C(=O)Nc1cc(F)c([Si](C)(C)C)c(F)c1. The Morgan fingerprint density at radius 1 is 1.22 bits per heavy atom. The van der Waals surface area contributed by atoms with E-state index in [1.54, 1.807) is 12.1 Å². The number of benzene rings is 1. The quantitative estimate of drug-likeness (QED) is 0.378. The maximum absolute atomic E-state index is 14.8. The average Bonchev–Trinajstić information content (AvgIpc) is 3.21. The second kappa shape index (κ2) is 10.3. The number of ketones is 1. The van der Waals surface area contributed by atoms with Crippen LogP contribution in [0.15, 0.2) is 34.9 Å². The highest BCUT2D eigenvalue weighted by Gasteiger charge is 2.40. The van der Waals surface area contributed by atoms with Gasteiger partial charge in [0.1, 0.15) is 29.0 Å². The number of hydrogen-bond acceptors (Lipinski definition) is 8. The van der Waals surface area contributed by atoms with Gasteiger partial charge < -0.3 is 25.0 Å². The molecule has 0 radical (unpaired) electrons. The van der Waals surface area contributed by atoms with Gasteiger partial charge in [0.25, 0.3) is 5.88 Å². The highest BCUT2D eigenvalue weighted by Crippen LogP contribution is 2.37. The molecule has 0 aliphatic carbocycles. The van der Waals surface area contributed by atoms with Gasteiger partial charge in [-0.15, -0.1) is 0 Å². The second-order valence-electron chi connectivity index (χ2n) is 9.83. The minimum absolute atomic E-state index is 0.0488. The lowest BCUT2D eigenvalue weighted by Gasteiger charge is -2.32. The van der Waals surface area contributed by atoms with Crippen LogP contribution in [0.4, 0.5) is 20.3 Å². The van der Waals surface area contributed by atoms with E-state index in [-0.39, 0.29) is 41.3 Å². The topological polar surface area (TPSA) is 127 Å². The number of rotatable bonds is 8. The van der Waals surface area contributed by atoms with Crippen LogP contribution in [0.25, 0.3) is 0 Å². The van der Waals surface area contributed by atoms with Gasteiger partial charge in [-0.1, -0.05) is 19.6 Å². The molecular formula is C25H28F2N4O5Si. The maximum atomic E-state index is 14.8. The van der Waals surface area contributed by atoms with E-state index in [9.17, 15) is 23.5 Å². The van der Waals surface area contributed by atoms with Crippen LogP contribution < -0.4 is 20.6 Å². The molecule has 0 spiro atoms. The van der Waals surface area contributed by atoms with Crippen molar-refractivity contribution in [2.24, 2.45) is 5.92 Å². The van der Waals surface area contributed by atoms with E-state index in [0.717, 1.165) is 12.1 Å². The zero-order valence-electron chi connectivity index (χ0n) is 20.9. The number of aromatic nitrogens is 2. The molecule has 0 fully saturated rings. The van der Waals surface area contributed by atoms with Gasteiger partial charge in [0.15, 0.2) is 0 Å². The molecule has 3 heterocycles. The lowest BCUT2D eigenvalue weighted by Crippen LogP contribution is -2.43. The summed E-state index contributed by atoms with van der Waals surface area (Å²) in [5, 5.41) is 18.5. The molecule has 0 saturated carbocycles. The number of amides is 1. The summed E-state index contributed by atoms with van der Waals surface area (Å²) in [7, 11) is -2.31. The second-order valence-corrected chi connectivity index (χ2v) is 14.8. The van der Waals surface area contributed by atoms with Crippen LogP contribution in [0.1, 0.15) is 24.2 Å². The Labute approximate surface area is 213 Å². The van der Waals surface area contributed by atoms with Gasteiger partial charge in [0, 0.05) is 35.1 Å². The van der Waals surface area contributed by atoms with E-state index >= 15 is 0 Å². The fourth-order valence-corrected chi connectivity index (χ4v) is 6.09. The lowest BCUT2D eigenvalue weighted by atomic mass is 9.79. The number of aromatic hydroxyl groups is 1. The number of carbonyl (C=O) groups is 2. The minimum Gasteiger partial charge on any atom is -0.491 e. The molecule has 3 N–H and O–H groups in total. The Kier molecular flexibility index (Phi) is 7.30. The van der Waals surface area contributed by atoms with Crippen molar-refractivity contribution in [2.75, 3.05) is 23.8 Å². The monoisotopic (exact) mass is 530 g/mol. The zero-order chi connectivity index (χ0) is 26.9. The van der Waals surface area contributed by atoms with Gasteiger partial charge >= 0.3 is 0 Å². The Bertz CT molecular complexity index is 1320. The predicted octanol–water partition coefficient (Wildman–Crippen LogP) is 3.57. The van der Waals surface area contributed by atoms with Crippen molar-refractivity contribution in [1.29, 1.82) is 0 Å². The van der Waals surface area contributed by atoms with Crippen LogP contribution in [0, 0.1) is 17.6 Å². The van der Waals surface area contributed by atoms with Gasteiger partial charge in [-0.3, -0.25) is 9.59 Å². The molecule has 1 aliphatic rings. The van der Waals surface area contributed by atoms with Gasteiger partial charge in [-0.2, -0.15) is 4.98 Å². The van der Waals surface area contributed by atoms with Gasteiger partial charge in [0.05, 0.1) is 32.9 Å². The molecule has 0 bridgehead atoms. The molecule has 9 nitrogen and oxygen atoms in total. The number of halogens is 2. The molecule has 1 amide bonds. The number of pyridine rings is 1. The van der Waals surface area contributed by atoms with E-state index in [1.165, 1.54) is 6.07 Å². The Balaban J connectivity index is 1.67. The Morgan fingerprint density at radius 3 is 2.51 bits per heavy atom. The normalized spacial score (nSPS) is 17.0. The fraction of sp³-hybridized carbons (Fsp3) is 0.360. The van der Waals surface area contributed by atoms with Crippen molar-refractivity contribution in [3.8, 4) is 11.8 Å². The molecule has 1 aromatic carbocycles. The summed E-state index contributed by atoms with van der Waals surface area (Å²) >= 11 is 0. The molecular weight excluding hydrogens is 502 g/mol. The number of hydrogen-bond donors (Lipinski definition) is 3. The summed E-state index contributed by atoms with van der Waals surface area (Å²) in [5.41, 5.74) is 0.387. The molecule has 1 aliphatic heterocycles. The van der Waals surface area contributed by atoms with Crippen molar-refractivity contribution in [3.05, 3.63) is 53.3 Å². The third-order valence-electron chi connectivity index (χ3n) is 6.07. The van der Waals surface area contributed by atoms with Crippen LogP contribution in [0.3, 0.4) is 0 Å². The third-order valence-corrected chi connectivity index (χ3v) is 8.05. The number of nitrogens with zero attached hydrogens (tertiary/aromatic N) is 2. The summed E-state index contributed by atoms with van der Waals surface area (Å²) in [6, 6.07) is 6.65. The number of Topliss-reactive ketones (excluding diaryl/α,β-unsaturated/α-hetero) is 1. The highest BCUT2D eigenvalue weighted by molar-refractivity contribution is 6.88. The van der Waals surface area contributed by atoms with E-state index in [2.05, 4.69) is 20.8 Å². The highest BCUT2D eigenvalue weighted by atomic mass is 28.3. The first-order valence-electron chi connectivity index (χ1n) is 11.8. The third kappa shape index (κ3) is 5.63. The summed E-state index contributed by atoms with van der Waals surface area (Å²) in [5.74, 6) is -3.80. The lowest BCUT2D eigenvalue weighted by molar-refractivity contribution is -0.128. The summed E-state index contributed by atoms with van der Waals surface area (Å²) in [4.78, 5) is 31.2. The van der Waals surface area contributed by atoms with Crippen molar-refractivity contribution < 1.29 is 32.7 Å². The number of fused-ring (bicyclic) bond motifs is 1. The molecule has 3 aromatic rings. The van der Waals surface area contributed by atoms with E-state index in [0.29, 0.717) is 23.9 Å². The molecule has 2 atom stereocenters. The molecule has 196 valence electrons. The average molecular weight is 531 g/mol.